The van der Waals surface area contributed by atoms with Crippen molar-refractivity contribution in [3.05, 3.63) is 77.1 Å². The van der Waals surface area contributed by atoms with Crippen LogP contribution in [-0.2, 0) is 19.3 Å². The van der Waals surface area contributed by atoms with E-state index in [1.54, 1.807) is 6.20 Å². The summed E-state index contributed by atoms with van der Waals surface area (Å²) in [5.74, 6) is 1.67. The number of aromatic nitrogens is 4. The minimum Gasteiger partial charge on any atom is -0.369 e. The predicted octanol–water partition coefficient (Wildman–Crippen LogP) is 5.44. The molecule has 152 valence electrons. The zero-order chi connectivity index (χ0) is 20.6. The second-order valence-electron chi connectivity index (χ2n) is 7.84. The molecule has 4 heterocycles. The van der Waals surface area contributed by atoms with Crippen LogP contribution < -0.4 is 5.32 Å². The quantitative estimate of drug-likeness (QED) is 0.407. The number of rotatable bonds is 5. The smallest absolute Gasteiger partial charge is 0.164 e. The zero-order valence-corrected chi connectivity index (χ0v) is 17.8. The Bertz CT molecular complexity index is 1390. The van der Waals surface area contributed by atoms with Gasteiger partial charge in [0.25, 0.3) is 0 Å². The number of hydrogen-bond donors (Lipinski definition) is 1. The van der Waals surface area contributed by atoms with E-state index in [4.69, 9.17) is 9.97 Å². The topological polar surface area (TPSA) is 63.6 Å². The van der Waals surface area contributed by atoms with Crippen molar-refractivity contribution in [3.8, 4) is 11.4 Å². The van der Waals surface area contributed by atoms with E-state index in [1.165, 1.54) is 33.2 Å². The van der Waals surface area contributed by atoms with Crippen LogP contribution in [0, 0.1) is 0 Å². The van der Waals surface area contributed by atoms with Gasteiger partial charge in [0.15, 0.2) is 5.82 Å². The molecule has 6 rings (SSSR count). The summed E-state index contributed by atoms with van der Waals surface area (Å²) < 4.78 is 0. The Labute approximate surface area is 184 Å². The van der Waals surface area contributed by atoms with Crippen molar-refractivity contribution in [3.63, 3.8) is 0 Å². The average molecular weight is 424 g/mol. The summed E-state index contributed by atoms with van der Waals surface area (Å²) in [6.07, 6.45) is 9.85. The molecule has 0 atom stereocenters. The van der Waals surface area contributed by atoms with Crippen molar-refractivity contribution in [2.75, 3.05) is 11.9 Å². The molecular formula is C25H21N5S. The highest BCUT2D eigenvalue weighted by atomic mass is 32.1. The zero-order valence-electron chi connectivity index (χ0n) is 17.0. The highest BCUT2D eigenvalue weighted by Gasteiger charge is 2.22. The fourth-order valence-electron chi connectivity index (χ4n) is 4.43. The van der Waals surface area contributed by atoms with Crippen LogP contribution in [0.3, 0.4) is 0 Å². The molecule has 6 heteroatoms. The van der Waals surface area contributed by atoms with Crippen molar-refractivity contribution in [1.29, 1.82) is 0 Å². The third-order valence-corrected chi connectivity index (χ3v) is 7.07. The number of nitrogens with one attached hydrogen (secondary N) is 1. The van der Waals surface area contributed by atoms with E-state index in [0.717, 1.165) is 53.4 Å². The lowest BCUT2D eigenvalue weighted by atomic mass is 10.1. The normalized spacial score (nSPS) is 13.0. The van der Waals surface area contributed by atoms with Gasteiger partial charge in [-0.1, -0.05) is 24.3 Å². The summed E-state index contributed by atoms with van der Waals surface area (Å²) in [5.41, 5.74) is 4.71. The first-order chi connectivity index (χ1) is 15.4. The van der Waals surface area contributed by atoms with Crippen LogP contribution in [0.5, 0.6) is 0 Å². The summed E-state index contributed by atoms with van der Waals surface area (Å²) in [4.78, 5) is 21.2. The van der Waals surface area contributed by atoms with Crippen LogP contribution in [0.1, 0.15) is 22.4 Å². The Morgan fingerprint density at radius 3 is 2.84 bits per heavy atom. The van der Waals surface area contributed by atoms with Gasteiger partial charge in [0.05, 0.1) is 10.9 Å². The number of fused-ring (bicyclic) bond motifs is 4. The van der Waals surface area contributed by atoms with E-state index in [2.05, 4.69) is 39.6 Å². The highest BCUT2D eigenvalue weighted by Crippen LogP contribution is 2.40. The summed E-state index contributed by atoms with van der Waals surface area (Å²) in [5, 5.41) is 6.02. The maximum absolute atomic E-state index is 4.94. The van der Waals surface area contributed by atoms with Gasteiger partial charge < -0.3 is 5.32 Å². The monoisotopic (exact) mass is 423 g/mol. The first kappa shape index (κ1) is 18.4. The number of pyridine rings is 2. The number of thiophene rings is 1. The average Bonchev–Trinajstić information content (AvgIpc) is 3.41. The third-order valence-electron chi connectivity index (χ3n) is 5.89. The molecule has 4 aromatic heterocycles. The number of anilines is 1. The van der Waals surface area contributed by atoms with Gasteiger partial charge in [-0.2, -0.15) is 0 Å². The van der Waals surface area contributed by atoms with Crippen molar-refractivity contribution in [2.24, 2.45) is 0 Å². The van der Waals surface area contributed by atoms with Gasteiger partial charge in [0, 0.05) is 41.0 Å². The van der Waals surface area contributed by atoms with Gasteiger partial charge in [0.1, 0.15) is 10.6 Å². The van der Waals surface area contributed by atoms with E-state index in [0.29, 0.717) is 0 Å². The Balaban J connectivity index is 1.36. The molecule has 0 bridgehead atoms. The maximum Gasteiger partial charge on any atom is 0.164 e. The fourth-order valence-corrected chi connectivity index (χ4v) is 5.69. The van der Waals surface area contributed by atoms with Gasteiger partial charge in [-0.25, -0.2) is 9.97 Å². The largest absolute Gasteiger partial charge is 0.369 e. The van der Waals surface area contributed by atoms with Gasteiger partial charge in [-0.15, -0.1) is 11.3 Å². The maximum atomic E-state index is 4.94. The fraction of sp³-hybridized carbons (Fsp3) is 0.200. The van der Waals surface area contributed by atoms with E-state index in [1.807, 2.05) is 41.9 Å². The number of para-hydroxylation sites is 1. The lowest BCUT2D eigenvalue weighted by Crippen LogP contribution is -2.08. The molecule has 5 aromatic rings. The van der Waals surface area contributed by atoms with Crippen LogP contribution in [0.15, 0.2) is 61.1 Å². The molecule has 1 aliphatic rings. The van der Waals surface area contributed by atoms with Crippen molar-refractivity contribution in [1.82, 2.24) is 19.9 Å². The number of hydrogen-bond acceptors (Lipinski definition) is 6. The molecule has 0 amide bonds. The van der Waals surface area contributed by atoms with E-state index in [-0.39, 0.29) is 0 Å². The molecule has 1 aromatic carbocycles. The van der Waals surface area contributed by atoms with Gasteiger partial charge >= 0.3 is 0 Å². The minimum atomic E-state index is 0.731. The Kier molecular flexibility index (Phi) is 4.57. The predicted molar refractivity (Wildman–Crippen MR) is 127 cm³/mol. The van der Waals surface area contributed by atoms with Crippen molar-refractivity contribution >= 4 is 38.3 Å². The molecule has 5 nitrogen and oxygen atoms in total. The summed E-state index contributed by atoms with van der Waals surface area (Å²) in [6.45, 7) is 0.791. The molecule has 0 spiro atoms. The standard InChI is InChI=1S/C25H21N5S/c1-5-16-7-4-13-27-22(16)17(6-1)11-14-28-24-21-19-9-2-10-20(19)31-25(21)30-23(29-24)18-8-3-12-26-15-18/h1,3-8,12-13,15H,2,9-11,14H2,(H,28,29,30). The minimum absolute atomic E-state index is 0.731. The van der Waals surface area contributed by atoms with E-state index >= 15 is 0 Å². The van der Waals surface area contributed by atoms with Crippen LogP contribution in [0.4, 0.5) is 5.82 Å². The van der Waals surface area contributed by atoms with Crippen LogP contribution in [0.25, 0.3) is 32.5 Å². The first-order valence-corrected chi connectivity index (χ1v) is 11.5. The van der Waals surface area contributed by atoms with E-state index in [9.17, 15) is 0 Å². The molecule has 31 heavy (non-hydrogen) atoms. The number of nitrogens with zero attached hydrogens (tertiary/aromatic N) is 4. The Morgan fingerprint density at radius 1 is 0.968 bits per heavy atom. The Hall–Kier alpha value is -3.38. The molecule has 0 saturated carbocycles. The van der Waals surface area contributed by atoms with Crippen molar-refractivity contribution in [2.45, 2.75) is 25.7 Å². The molecule has 0 radical (unpaired) electrons. The number of benzene rings is 1. The lowest BCUT2D eigenvalue weighted by Gasteiger charge is -2.11. The molecule has 0 saturated heterocycles. The summed E-state index contributed by atoms with van der Waals surface area (Å²) in [7, 11) is 0. The third kappa shape index (κ3) is 3.33. The Morgan fingerprint density at radius 2 is 1.90 bits per heavy atom. The van der Waals surface area contributed by atoms with Gasteiger partial charge in [-0.3, -0.25) is 9.97 Å². The molecule has 0 fully saturated rings. The first-order valence-electron chi connectivity index (χ1n) is 10.7. The molecule has 0 aliphatic heterocycles. The van der Waals surface area contributed by atoms with Gasteiger partial charge in [0.2, 0.25) is 0 Å². The molecule has 0 unspecified atom stereocenters. The van der Waals surface area contributed by atoms with Crippen LogP contribution in [-0.4, -0.2) is 26.5 Å². The van der Waals surface area contributed by atoms with Crippen LogP contribution >= 0.6 is 11.3 Å². The number of aryl methyl sites for hydroxylation is 2. The summed E-state index contributed by atoms with van der Waals surface area (Å²) in [6, 6.07) is 14.4. The van der Waals surface area contributed by atoms with Crippen molar-refractivity contribution < 1.29 is 0 Å². The summed E-state index contributed by atoms with van der Waals surface area (Å²) >= 11 is 1.82. The van der Waals surface area contributed by atoms with Crippen LogP contribution in [0.2, 0.25) is 0 Å². The highest BCUT2D eigenvalue weighted by molar-refractivity contribution is 7.19. The molecule has 1 N–H and O–H groups in total. The second kappa shape index (κ2) is 7.71. The second-order valence-corrected chi connectivity index (χ2v) is 8.93. The molecule has 1 aliphatic carbocycles. The van der Waals surface area contributed by atoms with E-state index < -0.39 is 0 Å². The molecular weight excluding hydrogens is 402 g/mol. The SMILES string of the molecule is c1cncc(-c2nc(NCCc3cccc4cccnc34)c3c4c(sc3n2)CCC4)c1. The van der Waals surface area contributed by atoms with Gasteiger partial charge in [-0.05, 0) is 55.0 Å². The lowest BCUT2D eigenvalue weighted by molar-refractivity contribution is 0.917.